The predicted molar refractivity (Wildman–Crippen MR) is 104 cm³/mol. The van der Waals surface area contributed by atoms with Crippen molar-refractivity contribution in [3.05, 3.63) is 64.1 Å². The summed E-state index contributed by atoms with van der Waals surface area (Å²) in [4.78, 5) is 37.7. The van der Waals surface area contributed by atoms with E-state index in [9.17, 15) is 22.8 Å². The van der Waals surface area contributed by atoms with E-state index in [1.165, 1.54) is 24.1 Å². The molecular weight excluding hydrogens is 398 g/mol. The molecule has 2 heterocycles. The van der Waals surface area contributed by atoms with Gasteiger partial charge in [-0.15, -0.1) is 0 Å². The van der Waals surface area contributed by atoms with Crippen molar-refractivity contribution in [1.29, 1.82) is 0 Å². The van der Waals surface area contributed by atoms with Crippen LogP contribution in [-0.2, 0) is 25.9 Å². The third-order valence-corrected chi connectivity index (χ3v) is 6.48. The van der Waals surface area contributed by atoms with E-state index in [1.807, 2.05) is 30.3 Å². The summed E-state index contributed by atoms with van der Waals surface area (Å²) in [7, 11) is -1.64. The van der Waals surface area contributed by atoms with Gasteiger partial charge in [-0.3, -0.25) is 9.59 Å². The standard InChI is InChI=1S/C19H21N3O6S/c1-21(15-9-10-29(26,27)13-15)18(24)12-28-19(25)16-7-8-17(23)22(20-16)11-14-5-3-2-4-6-14/h2-8,15H,9-13H2,1H3/t15-/m1/s1. The average molecular weight is 419 g/mol. The largest absolute Gasteiger partial charge is 0.451 e. The molecule has 0 spiro atoms. The maximum absolute atomic E-state index is 12.2. The predicted octanol–water partition coefficient (Wildman–Crippen LogP) is 0.0939. The van der Waals surface area contributed by atoms with Crippen LogP contribution >= 0.6 is 0 Å². The second kappa shape index (κ2) is 8.56. The maximum Gasteiger partial charge on any atom is 0.359 e. The van der Waals surface area contributed by atoms with Crippen molar-refractivity contribution in [2.75, 3.05) is 25.2 Å². The van der Waals surface area contributed by atoms with Crippen molar-refractivity contribution in [3.63, 3.8) is 0 Å². The molecule has 1 fully saturated rings. The van der Waals surface area contributed by atoms with E-state index in [0.29, 0.717) is 6.42 Å². The number of carbonyl (C=O) groups excluding carboxylic acids is 2. The van der Waals surface area contributed by atoms with Crippen LogP contribution < -0.4 is 5.56 Å². The zero-order chi connectivity index (χ0) is 21.0. The minimum atomic E-state index is -3.13. The summed E-state index contributed by atoms with van der Waals surface area (Å²) >= 11 is 0. The Labute approximate surface area is 167 Å². The summed E-state index contributed by atoms with van der Waals surface area (Å²) in [6.07, 6.45) is 0.366. The molecule has 2 aromatic rings. The highest BCUT2D eigenvalue weighted by molar-refractivity contribution is 7.91. The second-order valence-electron chi connectivity index (χ2n) is 6.84. The van der Waals surface area contributed by atoms with E-state index in [-0.39, 0.29) is 29.3 Å². The first-order valence-electron chi connectivity index (χ1n) is 9.00. The van der Waals surface area contributed by atoms with Crippen molar-refractivity contribution >= 4 is 21.7 Å². The molecule has 1 amide bonds. The average Bonchev–Trinajstić information content (AvgIpc) is 3.07. The van der Waals surface area contributed by atoms with Crippen LogP contribution in [-0.4, -0.2) is 66.2 Å². The fraction of sp³-hybridized carbons (Fsp3) is 0.368. The number of benzene rings is 1. The first kappa shape index (κ1) is 20.7. The maximum atomic E-state index is 12.2. The monoisotopic (exact) mass is 419 g/mol. The lowest BCUT2D eigenvalue weighted by Gasteiger charge is -2.23. The van der Waals surface area contributed by atoms with Crippen LogP contribution in [0.25, 0.3) is 0 Å². The van der Waals surface area contributed by atoms with E-state index < -0.39 is 34.4 Å². The van der Waals surface area contributed by atoms with E-state index in [0.717, 1.165) is 10.2 Å². The van der Waals surface area contributed by atoms with Crippen molar-refractivity contribution in [2.24, 2.45) is 0 Å². The smallest absolute Gasteiger partial charge is 0.359 e. The van der Waals surface area contributed by atoms with Gasteiger partial charge in [-0.1, -0.05) is 30.3 Å². The van der Waals surface area contributed by atoms with Gasteiger partial charge in [0.2, 0.25) is 0 Å². The van der Waals surface area contributed by atoms with E-state index in [2.05, 4.69) is 5.10 Å². The van der Waals surface area contributed by atoms with Crippen LogP contribution in [0.15, 0.2) is 47.3 Å². The Kier molecular flexibility index (Phi) is 6.12. The summed E-state index contributed by atoms with van der Waals surface area (Å²) < 4.78 is 29.3. The Balaban J connectivity index is 1.61. The van der Waals surface area contributed by atoms with Gasteiger partial charge in [0, 0.05) is 19.2 Å². The molecule has 0 N–H and O–H groups in total. The van der Waals surface area contributed by atoms with Crippen molar-refractivity contribution in [1.82, 2.24) is 14.7 Å². The van der Waals surface area contributed by atoms with Crippen LogP contribution in [0.3, 0.4) is 0 Å². The Morgan fingerprint density at radius 1 is 1.21 bits per heavy atom. The summed E-state index contributed by atoms with van der Waals surface area (Å²) in [6.45, 7) is -0.343. The molecule has 0 radical (unpaired) electrons. The van der Waals surface area contributed by atoms with Crippen LogP contribution in [0.2, 0.25) is 0 Å². The third kappa shape index (κ3) is 5.29. The van der Waals surface area contributed by atoms with Crippen molar-refractivity contribution in [3.8, 4) is 0 Å². The molecule has 1 aliphatic rings. The summed E-state index contributed by atoms with van der Waals surface area (Å²) in [5, 5.41) is 4.01. The van der Waals surface area contributed by atoms with Gasteiger partial charge in [0.15, 0.2) is 22.1 Å². The van der Waals surface area contributed by atoms with Gasteiger partial charge >= 0.3 is 5.97 Å². The first-order valence-corrected chi connectivity index (χ1v) is 10.8. The van der Waals surface area contributed by atoms with Gasteiger partial charge in [0.05, 0.1) is 18.1 Å². The van der Waals surface area contributed by atoms with Crippen LogP contribution in [0, 0.1) is 0 Å². The number of rotatable bonds is 6. The molecule has 1 atom stereocenters. The summed E-state index contributed by atoms with van der Waals surface area (Å²) in [5.74, 6) is -1.39. The Morgan fingerprint density at radius 3 is 2.59 bits per heavy atom. The molecule has 1 aliphatic heterocycles. The number of sulfone groups is 1. The minimum Gasteiger partial charge on any atom is -0.451 e. The molecule has 154 valence electrons. The topological polar surface area (TPSA) is 116 Å². The van der Waals surface area contributed by atoms with Gasteiger partial charge in [0.25, 0.3) is 11.5 Å². The number of hydrogen-bond acceptors (Lipinski definition) is 7. The molecule has 0 aliphatic carbocycles. The van der Waals surface area contributed by atoms with Gasteiger partial charge in [0.1, 0.15) is 0 Å². The number of likely N-dealkylation sites (N-methyl/N-ethyl adjacent to an activating group) is 1. The molecule has 1 saturated heterocycles. The highest BCUT2D eigenvalue weighted by Crippen LogP contribution is 2.16. The molecule has 1 aromatic carbocycles. The lowest BCUT2D eigenvalue weighted by atomic mass is 10.2. The fourth-order valence-electron chi connectivity index (χ4n) is 3.01. The van der Waals surface area contributed by atoms with Crippen LogP contribution in [0.5, 0.6) is 0 Å². The Morgan fingerprint density at radius 2 is 1.93 bits per heavy atom. The number of ether oxygens (including phenoxy) is 1. The highest BCUT2D eigenvalue weighted by Gasteiger charge is 2.33. The van der Waals surface area contributed by atoms with E-state index >= 15 is 0 Å². The van der Waals surface area contributed by atoms with Crippen LogP contribution in [0.4, 0.5) is 0 Å². The molecule has 10 heteroatoms. The number of esters is 1. The SMILES string of the molecule is CN(C(=O)COC(=O)c1ccc(=O)n(Cc2ccccc2)n1)[C@@H]1CCS(=O)(=O)C1. The normalized spacial score (nSPS) is 17.6. The molecule has 0 bridgehead atoms. The first-order chi connectivity index (χ1) is 13.7. The number of nitrogens with zero attached hydrogens (tertiary/aromatic N) is 3. The van der Waals surface area contributed by atoms with Gasteiger partial charge in [-0.25, -0.2) is 17.9 Å². The second-order valence-corrected chi connectivity index (χ2v) is 9.07. The number of hydrogen-bond donors (Lipinski definition) is 0. The number of aromatic nitrogens is 2. The third-order valence-electron chi connectivity index (χ3n) is 4.73. The fourth-order valence-corrected chi connectivity index (χ4v) is 4.79. The molecule has 29 heavy (non-hydrogen) atoms. The van der Waals surface area contributed by atoms with Crippen molar-refractivity contribution < 1.29 is 22.7 Å². The quantitative estimate of drug-likeness (QED) is 0.610. The lowest BCUT2D eigenvalue weighted by Crippen LogP contribution is -2.40. The van der Waals surface area contributed by atoms with Gasteiger partial charge < -0.3 is 9.64 Å². The Bertz CT molecular complexity index is 1060. The van der Waals surface area contributed by atoms with Gasteiger partial charge in [-0.2, -0.15) is 5.10 Å². The molecular formula is C19H21N3O6S. The molecule has 9 nitrogen and oxygen atoms in total. The summed E-state index contributed by atoms with van der Waals surface area (Å²) in [6, 6.07) is 11.2. The minimum absolute atomic E-state index is 0.0436. The molecule has 3 rings (SSSR count). The van der Waals surface area contributed by atoms with Crippen LogP contribution in [0.1, 0.15) is 22.5 Å². The zero-order valence-corrected chi connectivity index (χ0v) is 16.7. The molecule has 0 unspecified atom stereocenters. The zero-order valence-electron chi connectivity index (χ0n) is 15.9. The van der Waals surface area contributed by atoms with E-state index in [4.69, 9.17) is 4.74 Å². The van der Waals surface area contributed by atoms with Gasteiger partial charge in [-0.05, 0) is 18.1 Å². The molecule has 0 saturated carbocycles. The van der Waals surface area contributed by atoms with E-state index in [1.54, 1.807) is 0 Å². The summed E-state index contributed by atoms with van der Waals surface area (Å²) in [5.41, 5.74) is 0.374. The Hall–Kier alpha value is -3.01. The lowest BCUT2D eigenvalue weighted by molar-refractivity contribution is -0.134. The molecule has 1 aromatic heterocycles. The highest BCUT2D eigenvalue weighted by atomic mass is 32.2. The number of carbonyl (C=O) groups is 2. The van der Waals surface area contributed by atoms with Crippen molar-refractivity contribution in [2.45, 2.75) is 19.0 Å². The number of amides is 1.